The molecule has 0 unspecified atom stereocenters. The molecule has 4 nitrogen and oxygen atoms in total. The second-order valence-corrected chi connectivity index (χ2v) is 9.78. The molecular weight excluding hydrogens is 356 g/mol. The predicted octanol–water partition coefficient (Wildman–Crippen LogP) is 3.85. The first-order chi connectivity index (χ1) is 12.9. The largest absolute Gasteiger partial charge is 0.371 e. The number of hydrogen-bond donors (Lipinski definition) is 0. The van der Waals surface area contributed by atoms with Crippen molar-refractivity contribution in [1.29, 1.82) is 0 Å². The Balaban J connectivity index is 1.72. The van der Waals surface area contributed by atoms with E-state index >= 15 is 0 Å². The van der Waals surface area contributed by atoms with Crippen LogP contribution in [0.4, 0.5) is 5.69 Å². The van der Waals surface area contributed by atoms with Crippen molar-refractivity contribution >= 4 is 15.5 Å². The van der Waals surface area contributed by atoms with Crippen LogP contribution < -0.4 is 4.90 Å². The number of sulfone groups is 1. The molecule has 0 N–H and O–H groups in total. The van der Waals surface area contributed by atoms with Crippen molar-refractivity contribution in [2.24, 2.45) is 0 Å². The van der Waals surface area contributed by atoms with Gasteiger partial charge in [-0.1, -0.05) is 24.6 Å². The van der Waals surface area contributed by atoms with Crippen LogP contribution in [0.2, 0.25) is 0 Å². The molecule has 2 aliphatic rings. The predicted molar refractivity (Wildman–Crippen MR) is 109 cm³/mol. The SMILES string of the molecule is CCN1CC[C@@H]2c3cc(S(=O)(=O)c4ccc(C)cc4)ccc3N(C)[C@H]2CC1. The van der Waals surface area contributed by atoms with Crippen LogP contribution in [0, 0.1) is 6.92 Å². The molecule has 0 saturated carbocycles. The van der Waals surface area contributed by atoms with Gasteiger partial charge in [-0.15, -0.1) is 0 Å². The first kappa shape index (κ1) is 18.5. The van der Waals surface area contributed by atoms with Crippen molar-refractivity contribution in [3.63, 3.8) is 0 Å². The minimum absolute atomic E-state index is 0.369. The van der Waals surface area contributed by atoms with Gasteiger partial charge in [0.25, 0.3) is 0 Å². The summed E-state index contributed by atoms with van der Waals surface area (Å²) in [6.45, 7) is 7.46. The fourth-order valence-corrected chi connectivity index (χ4v) is 5.93. The summed E-state index contributed by atoms with van der Waals surface area (Å²) >= 11 is 0. The monoisotopic (exact) mass is 384 g/mol. The summed E-state index contributed by atoms with van der Waals surface area (Å²) in [6, 6.07) is 13.3. The highest BCUT2D eigenvalue weighted by atomic mass is 32.2. The number of anilines is 1. The van der Waals surface area contributed by atoms with Crippen LogP contribution in [-0.4, -0.2) is 46.0 Å². The lowest BCUT2D eigenvalue weighted by atomic mass is 9.91. The third-order valence-corrected chi connectivity index (χ3v) is 8.09. The van der Waals surface area contributed by atoms with Crippen LogP contribution in [0.5, 0.6) is 0 Å². The van der Waals surface area contributed by atoms with Gasteiger partial charge in [0.1, 0.15) is 0 Å². The van der Waals surface area contributed by atoms with Crippen LogP contribution >= 0.6 is 0 Å². The Kier molecular flexibility index (Phi) is 4.77. The molecular formula is C22H28N2O2S. The van der Waals surface area contributed by atoms with Crippen LogP contribution in [0.25, 0.3) is 0 Å². The molecule has 0 bridgehead atoms. The van der Waals surface area contributed by atoms with E-state index in [1.807, 2.05) is 31.2 Å². The van der Waals surface area contributed by atoms with Crippen molar-refractivity contribution in [3.8, 4) is 0 Å². The van der Waals surface area contributed by atoms with Crippen molar-refractivity contribution in [2.75, 3.05) is 31.6 Å². The molecule has 2 atom stereocenters. The quantitative estimate of drug-likeness (QED) is 0.806. The highest BCUT2D eigenvalue weighted by molar-refractivity contribution is 7.91. The first-order valence-electron chi connectivity index (χ1n) is 9.82. The van der Waals surface area contributed by atoms with Gasteiger partial charge in [0.2, 0.25) is 9.84 Å². The molecule has 2 aromatic rings. The van der Waals surface area contributed by atoms with Crippen molar-refractivity contribution < 1.29 is 8.42 Å². The van der Waals surface area contributed by atoms with Crippen LogP contribution in [0.3, 0.4) is 0 Å². The summed E-state index contributed by atoms with van der Waals surface area (Å²) in [4.78, 5) is 5.64. The second-order valence-electron chi connectivity index (χ2n) is 7.83. The number of likely N-dealkylation sites (tertiary alicyclic amines) is 1. The fraction of sp³-hybridized carbons (Fsp3) is 0.455. The molecule has 0 aromatic heterocycles. The first-order valence-corrected chi connectivity index (χ1v) is 11.3. The van der Waals surface area contributed by atoms with Crippen molar-refractivity contribution in [1.82, 2.24) is 4.90 Å². The minimum Gasteiger partial charge on any atom is -0.371 e. The zero-order valence-corrected chi connectivity index (χ0v) is 17.2. The Morgan fingerprint density at radius 1 is 1.00 bits per heavy atom. The van der Waals surface area contributed by atoms with Gasteiger partial charge in [0.05, 0.1) is 9.79 Å². The van der Waals surface area contributed by atoms with Crippen molar-refractivity contribution in [2.45, 2.75) is 48.4 Å². The highest BCUT2D eigenvalue weighted by Gasteiger charge is 2.38. The number of nitrogens with zero attached hydrogens (tertiary/aromatic N) is 2. The molecule has 0 aliphatic carbocycles. The average molecular weight is 385 g/mol. The van der Waals surface area contributed by atoms with Crippen LogP contribution in [0.1, 0.15) is 36.8 Å². The maximum absolute atomic E-state index is 13.1. The summed E-state index contributed by atoms with van der Waals surface area (Å²) < 4.78 is 26.3. The molecule has 1 fully saturated rings. The summed E-state index contributed by atoms with van der Waals surface area (Å²) in [7, 11) is -1.33. The number of benzene rings is 2. The van der Waals surface area contributed by atoms with E-state index in [0.717, 1.165) is 38.0 Å². The Labute approximate surface area is 162 Å². The molecule has 4 rings (SSSR count). The topological polar surface area (TPSA) is 40.6 Å². The highest BCUT2D eigenvalue weighted by Crippen LogP contribution is 2.45. The van der Waals surface area contributed by atoms with E-state index in [2.05, 4.69) is 23.8 Å². The van der Waals surface area contributed by atoms with Crippen LogP contribution in [-0.2, 0) is 9.84 Å². The molecule has 0 spiro atoms. The molecule has 0 radical (unpaired) electrons. The third-order valence-electron chi connectivity index (χ3n) is 6.33. The summed E-state index contributed by atoms with van der Waals surface area (Å²) in [6.07, 6.45) is 2.22. The summed E-state index contributed by atoms with van der Waals surface area (Å²) in [5.74, 6) is 0.412. The number of likely N-dealkylation sites (N-methyl/N-ethyl adjacent to an activating group) is 1. The Morgan fingerprint density at radius 2 is 1.67 bits per heavy atom. The Bertz CT molecular complexity index is 937. The molecule has 2 aliphatic heterocycles. The van der Waals surface area contributed by atoms with Gasteiger partial charge in [-0.2, -0.15) is 0 Å². The smallest absolute Gasteiger partial charge is 0.206 e. The standard InChI is InChI=1S/C22H28N2O2S/c1-4-24-13-11-19-20-15-18(9-10-21(20)23(3)22(19)12-14-24)27(25,26)17-7-5-16(2)6-8-17/h5-10,15,19,22H,4,11-14H2,1-3H3/t19-,22+/m1/s1. The van der Waals surface area contributed by atoms with Gasteiger partial charge in [-0.05, 0) is 68.8 Å². The van der Waals surface area contributed by atoms with E-state index in [9.17, 15) is 8.42 Å². The Morgan fingerprint density at radius 3 is 2.37 bits per heavy atom. The molecule has 144 valence electrons. The zero-order chi connectivity index (χ0) is 19.2. The average Bonchev–Trinajstić information content (AvgIpc) is 2.82. The number of aryl methyl sites for hydroxylation is 1. The Hall–Kier alpha value is -1.85. The molecule has 5 heteroatoms. The fourth-order valence-electron chi connectivity index (χ4n) is 4.63. The van der Waals surface area contributed by atoms with E-state index in [1.54, 1.807) is 18.2 Å². The normalized spacial score (nSPS) is 23.0. The van der Waals surface area contributed by atoms with E-state index in [1.165, 1.54) is 11.3 Å². The van der Waals surface area contributed by atoms with Gasteiger partial charge >= 0.3 is 0 Å². The maximum Gasteiger partial charge on any atom is 0.206 e. The van der Waals surface area contributed by atoms with Gasteiger partial charge in [0, 0.05) is 31.2 Å². The number of hydrogen-bond acceptors (Lipinski definition) is 4. The van der Waals surface area contributed by atoms with E-state index in [0.29, 0.717) is 21.8 Å². The second kappa shape index (κ2) is 6.95. The number of fused-ring (bicyclic) bond motifs is 3. The van der Waals surface area contributed by atoms with Crippen molar-refractivity contribution in [3.05, 3.63) is 53.6 Å². The van der Waals surface area contributed by atoms with Gasteiger partial charge < -0.3 is 9.80 Å². The minimum atomic E-state index is -3.49. The zero-order valence-electron chi connectivity index (χ0n) is 16.4. The van der Waals surface area contributed by atoms with Crippen LogP contribution in [0.15, 0.2) is 52.3 Å². The lowest BCUT2D eigenvalue weighted by Gasteiger charge is -2.25. The summed E-state index contributed by atoms with van der Waals surface area (Å²) in [5.41, 5.74) is 3.46. The van der Waals surface area contributed by atoms with Gasteiger partial charge in [-0.3, -0.25) is 0 Å². The lowest BCUT2D eigenvalue weighted by molar-refractivity contribution is 0.298. The molecule has 2 aromatic carbocycles. The van der Waals surface area contributed by atoms with Gasteiger partial charge in [0.15, 0.2) is 0 Å². The van der Waals surface area contributed by atoms with E-state index in [-0.39, 0.29) is 0 Å². The van der Waals surface area contributed by atoms with E-state index in [4.69, 9.17) is 0 Å². The molecule has 27 heavy (non-hydrogen) atoms. The molecule has 2 heterocycles. The van der Waals surface area contributed by atoms with E-state index < -0.39 is 9.84 Å². The maximum atomic E-state index is 13.1. The molecule has 0 amide bonds. The lowest BCUT2D eigenvalue weighted by Crippen LogP contribution is -2.31. The third kappa shape index (κ3) is 3.17. The van der Waals surface area contributed by atoms with Gasteiger partial charge in [-0.25, -0.2) is 8.42 Å². The summed E-state index contributed by atoms with van der Waals surface area (Å²) in [5, 5.41) is 0. The number of rotatable bonds is 3. The molecule has 1 saturated heterocycles.